The molecule has 0 aliphatic rings. The summed E-state index contributed by atoms with van der Waals surface area (Å²) in [6.07, 6.45) is 14.2. The molecule has 0 unspecified atom stereocenters. The van der Waals surface area contributed by atoms with Crippen LogP contribution in [-0.4, -0.2) is 15.7 Å². The summed E-state index contributed by atoms with van der Waals surface area (Å²) in [6, 6.07) is 0. The predicted octanol–water partition coefficient (Wildman–Crippen LogP) is 4.58. The third kappa shape index (κ3) is 8.10. The average Bonchev–Trinajstić information content (AvgIpc) is 2.36. The molecular formula is C17H38B2. The van der Waals surface area contributed by atoms with E-state index in [0.29, 0.717) is 5.21 Å². The SMILES string of the molecule is BC(B)(C(C)C)C(CCCCCC)CCCCCC. The van der Waals surface area contributed by atoms with E-state index in [1.165, 1.54) is 64.2 Å². The van der Waals surface area contributed by atoms with Crippen molar-refractivity contribution in [1.29, 1.82) is 0 Å². The van der Waals surface area contributed by atoms with E-state index in [1.807, 2.05) is 0 Å². The van der Waals surface area contributed by atoms with Crippen molar-refractivity contribution in [2.45, 2.75) is 97.1 Å². The minimum atomic E-state index is 0.512. The summed E-state index contributed by atoms with van der Waals surface area (Å²) < 4.78 is 0. The van der Waals surface area contributed by atoms with Crippen molar-refractivity contribution in [3.05, 3.63) is 0 Å². The quantitative estimate of drug-likeness (QED) is 0.357. The predicted molar refractivity (Wildman–Crippen MR) is 95.6 cm³/mol. The van der Waals surface area contributed by atoms with Gasteiger partial charge in [0.2, 0.25) is 0 Å². The van der Waals surface area contributed by atoms with E-state index in [0.717, 1.165) is 11.8 Å². The Morgan fingerprint density at radius 3 is 1.47 bits per heavy atom. The molecule has 112 valence electrons. The average molecular weight is 264 g/mol. The summed E-state index contributed by atoms with van der Waals surface area (Å²) in [5, 5.41) is 0.512. The van der Waals surface area contributed by atoms with Crippen LogP contribution in [0.1, 0.15) is 91.9 Å². The van der Waals surface area contributed by atoms with Gasteiger partial charge < -0.3 is 0 Å². The highest BCUT2D eigenvalue weighted by atomic mass is 14.3. The van der Waals surface area contributed by atoms with E-state index in [2.05, 4.69) is 43.4 Å². The summed E-state index contributed by atoms with van der Waals surface area (Å²) in [7, 11) is 5.00. The van der Waals surface area contributed by atoms with Gasteiger partial charge in [-0.3, -0.25) is 0 Å². The zero-order valence-electron chi connectivity index (χ0n) is 14.7. The summed E-state index contributed by atoms with van der Waals surface area (Å²) in [4.78, 5) is 0. The topological polar surface area (TPSA) is 0 Å². The Balaban J connectivity index is 4.22. The van der Waals surface area contributed by atoms with Crippen LogP contribution in [0.25, 0.3) is 0 Å². The van der Waals surface area contributed by atoms with E-state index in [-0.39, 0.29) is 0 Å². The van der Waals surface area contributed by atoms with Gasteiger partial charge in [0.15, 0.2) is 0 Å². The van der Waals surface area contributed by atoms with Crippen molar-refractivity contribution in [2.24, 2.45) is 11.8 Å². The second-order valence-electron chi connectivity index (χ2n) is 7.37. The fourth-order valence-corrected chi connectivity index (χ4v) is 2.99. The molecule has 0 aliphatic heterocycles. The first-order valence-electron chi connectivity index (χ1n) is 8.96. The zero-order valence-corrected chi connectivity index (χ0v) is 14.7. The molecule has 2 heteroatoms. The lowest BCUT2D eigenvalue weighted by molar-refractivity contribution is 0.309. The van der Waals surface area contributed by atoms with Gasteiger partial charge in [0.25, 0.3) is 0 Å². The molecule has 0 saturated heterocycles. The largest absolute Gasteiger partial charge is 0.0998 e. The highest BCUT2D eigenvalue weighted by molar-refractivity contribution is 6.40. The van der Waals surface area contributed by atoms with Gasteiger partial charge in [-0.2, -0.15) is 0 Å². The Kier molecular flexibility index (Phi) is 10.9. The van der Waals surface area contributed by atoms with Crippen LogP contribution in [-0.2, 0) is 0 Å². The number of hydrogen-bond acceptors (Lipinski definition) is 0. The molecule has 0 aromatic rings. The monoisotopic (exact) mass is 264 g/mol. The van der Waals surface area contributed by atoms with E-state index in [9.17, 15) is 0 Å². The molecule has 0 aromatic heterocycles. The maximum Gasteiger partial charge on any atom is 0.0998 e. The molecule has 0 spiro atoms. The smallest absolute Gasteiger partial charge is 0.0796 e. The van der Waals surface area contributed by atoms with Gasteiger partial charge >= 0.3 is 0 Å². The van der Waals surface area contributed by atoms with Crippen molar-refractivity contribution in [3.63, 3.8) is 0 Å². The molecule has 0 saturated carbocycles. The minimum absolute atomic E-state index is 0.512. The Hall–Kier alpha value is 0.130. The molecular weight excluding hydrogens is 226 g/mol. The minimum Gasteiger partial charge on any atom is -0.0796 e. The van der Waals surface area contributed by atoms with Crippen LogP contribution in [0.2, 0.25) is 5.21 Å². The lowest BCUT2D eigenvalue weighted by atomic mass is 9.42. The third-order valence-corrected chi connectivity index (χ3v) is 5.35. The fraction of sp³-hybridized carbons (Fsp3) is 1.00. The number of hydrogen-bond donors (Lipinski definition) is 0. The van der Waals surface area contributed by atoms with Gasteiger partial charge in [-0.05, 0) is 5.92 Å². The Labute approximate surface area is 125 Å². The van der Waals surface area contributed by atoms with Gasteiger partial charge in [-0.15, -0.1) is 0 Å². The molecule has 0 N–H and O–H groups in total. The molecule has 0 fully saturated rings. The van der Waals surface area contributed by atoms with Gasteiger partial charge in [-0.25, -0.2) is 0 Å². The Morgan fingerprint density at radius 1 is 0.737 bits per heavy atom. The highest BCUT2D eigenvalue weighted by Crippen LogP contribution is 2.42. The van der Waals surface area contributed by atoms with Gasteiger partial charge in [0, 0.05) is 0 Å². The second-order valence-corrected chi connectivity index (χ2v) is 7.37. The molecule has 0 aliphatic carbocycles. The summed E-state index contributed by atoms with van der Waals surface area (Å²) in [5.74, 6) is 1.73. The Morgan fingerprint density at radius 2 is 1.16 bits per heavy atom. The molecule has 0 heterocycles. The second kappa shape index (κ2) is 10.9. The van der Waals surface area contributed by atoms with Crippen molar-refractivity contribution in [1.82, 2.24) is 0 Å². The summed E-state index contributed by atoms with van der Waals surface area (Å²) in [6.45, 7) is 9.43. The van der Waals surface area contributed by atoms with E-state index in [1.54, 1.807) is 0 Å². The summed E-state index contributed by atoms with van der Waals surface area (Å²) >= 11 is 0. The van der Waals surface area contributed by atoms with Crippen LogP contribution in [0.5, 0.6) is 0 Å². The molecule has 19 heavy (non-hydrogen) atoms. The lowest BCUT2D eigenvalue weighted by Crippen LogP contribution is -2.30. The first kappa shape index (κ1) is 19.1. The van der Waals surface area contributed by atoms with Crippen molar-refractivity contribution >= 4 is 15.7 Å². The molecule has 0 nitrogen and oxygen atoms in total. The van der Waals surface area contributed by atoms with Crippen molar-refractivity contribution in [2.75, 3.05) is 0 Å². The van der Waals surface area contributed by atoms with E-state index in [4.69, 9.17) is 0 Å². The summed E-state index contributed by atoms with van der Waals surface area (Å²) in [5.41, 5.74) is 0. The fourth-order valence-electron chi connectivity index (χ4n) is 2.99. The van der Waals surface area contributed by atoms with Crippen LogP contribution < -0.4 is 0 Å². The maximum absolute atomic E-state index is 2.50. The number of unbranched alkanes of at least 4 members (excludes halogenated alkanes) is 6. The van der Waals surface area contributed by atoms with Crippen LogP contribution in [0.3, 0.4) is 0 Å². The van der Waals surface area contributed by atoms with Crippen LogP contribution in [0, 0.1) is 11.8 Å². The van der Waals surface area contributed by atoms with E-state index < -0.39 is 0 Å². The highest BCUT2D eigenvalue weighted by Gasteiger charge is 2.31. The molecule has 0 aromatic carbocycles. The zero-order chi connectivity index (χ0) is 14.7. The molecule has 0 rings (SSSR count). The normalized spacial score (nSPS) is 12.5. The van der Waals surface area contributed by atoms with Crippen LogP contribution in [0.15, 0.2) is 0 Å². The molecule has 0 amide bonds. The first-order valence-corrected chi connectivity index (χ1v) is 8.96. The maximum atomic E-state index is 2.50. The molecule has 0 radical (unpaired) electrons. The van der Waals surface area contributed by atoms with Crippen LogP contribution >= 0.6 is 0 Å². The number of rotatable bonds is 12. The standard InChI is InChI=1S/C17H38B2/c1-5-7-9-11-13-16(14-12-10-8-6-2)17(18,19)15(3)4/h15-16H,5-14,18-19H2,1-4H3. The molecule has 0 bridgehead atoms. The van der Waals surface area contributed by atoms with E-state index >= 15 is 0 Å². The van der Waals surface area contributed by atoms with Crippen molar-refractivity contribution in [3.8, 4) is 0 Å². The van der Waals surface area contributed by atoms with Gasteiger partial charge in [0.05, 0.1) is 15.7 Å². The van der Waals surface area contributed by atoms with Crippen LogP contribution in [0.4, 0.5) is 0 Å². The Bertz CT molecular complexity index is 187. The lowest BCUT2D eigenvalue weighted by Gasteiger charge is -2.39. The molecule has 0 atom stereocenters. The first-order chi connectivity index (χ1) is 8.96. The van der Waals surface area contributed by atoms with Crippen molar-refractivity contribution < 1.29 is 0 Å². The van der Waals surface area contributed by atoms with Gasteiger partial charge in [-0.1, -0.05) is 103 Å². The third-order valence-electron chi connectivity index (χ3n) is 5.35. The van der Waals surface area contributed by atoms with Gasteiger partial charge in [0.1, 0.15) is 0 Å².